The van der Waals surface area contributed by atoms with Gasteiger partial charge in [-0.2, -0.15) is 10.1 Å². The molecule has 1 aromatic carbocycles. The summed E-state index contributed by atoms with van der Waals surface area (Å²) in [6.45, 7) is 1.99. The Morgan fingerprint density at radius 1 is 1.47 bits per heavy atom. The second-order valence-electron chi connectivity index (χ2n) is 4.21. The van der Waals surface area contributed by atoms with Crippen LogP contribution in [0.25, 0.3) is 10.9 Å². The van der Waals surface area contributed by atoms with E-state index in [9.17, 15) is 4.79 Å². The number of hydrogen-bond acceptors (Lipinski definition) is 4. The van der Waals surface area contributed by atoms with E-state index in [0.29, 0.717) is 10.1 Å². The predicted octanol–water partition coefficient (Wildman–Crippen LogP) is 2.67. The summed E-state index contributed by atoms with van der Waals surface area (Å²) >= 11 is 6.43. The molecule has 96 valence electrons. The number of aromatic amines is 1. The molecule has 1 aromatic heterocycles. The Balaban J connectivity index is 1.99. The highest BCUT2D eigenvalue weighted by Crippen LogP contribution is 2.22. The number of nitrogens with one attached hydrogen (secondary N) is 1. The van der Waals surface area contributed by atoms with Crippen LogP contribution in [-0.4, -0.2) is 32.2 Å². The van der Waals surface area contributed by atoms with Crippen LogP contribution in [0.5, 0.6) is 0 Å². The van der Waals surface area contributed by atoms with Crippen LogP contribution in [0.2, 0.25) is 0 Å². The van der Waals surface area contributed by atoms with Crippen LogP contribution in [0.15, 0.2) is 29.4 Å². The van der Waals surface area contributed by atoms with Gasteiger partial charge in [-0.05, 0) is 13.0 Å². The van der Waals surface area contributed by atoms with E-state index >= 15 is 0 Å². The number of para-hydroxylation sites is 1. The van der Waals surface area contributed by atoms with Gasteiger partial charge in [0.1, 0.15) is 0 Å². The molecule has 2 aromatic rings. The van der Waals surface area contributed by atoms with E-state index in [1.807, 2.05) is 31.2 Å². The summed E-state index contributed by atoms with van der Waals surface area (Å²) in [6, 6.07) is 8.00. The van der Waals surface area contributed by atoms with E-state index in [2.05, 4.69) is 10.1 Å². The number of thiocarbonyl (C=S) groups is 1. The molecule has 6 heteroatoms. The number of H-pyrrole nitrogens is 1. The molecular weight excluding hydrogens is 278 g/mol. The lowest BCUT2D eigenvalue weighted by atomic mass is 10.1. The molecule has 1 fully saturated rings. The maximum absolute atomic E-state index is 11.6. The molecule has 19 heavy (non-hydrogen) atoms. The molecule has 0 spiro atoms. The number of nitrogens with zero attached hydrogens (tertiary/aromatic N) is 2. The second-order valence-corrected chi connectivity index (χ2v) is 5.82. The molecule has 0 bridgehead atoms. The van der Waals surface area contributed by atoms with Crippen molar-refractivity contribution in [2.75, 3.05) is 5.75 Å². The number of hydrazone groups is 1. The number of fused-ring (bicyclic) bond motifs is 1. The number of hydrogen-bond donors (Lipinski definition) is 1. The van der Waals surface area contributed by atoms with Crippen molar-refractivity contribution in [3.63, 3.8) is 0 Å². The van der Waals surface area contributed by atoms with Crippen molar-refractivity contribution in [3.8, 4) is 0 Å². The number of rotatable bonds is 2. The Labute approximate surface area is 119 Å². The molecule has 2 heterocycles. The number of amides is 1. The van der Waals surface area contributed by atoms with E-state index in [0.717, 1.165) is 22.2 Å². The Kier molecular flexibility index (Phi) is 3.12. The summed E-state index contributed by atoms with van der Waals surface area (Å²) in [7, 11) is 0. The summed E-state index contributed by atoms with van der Waals surface area (Å²) in [5.41, 5.74) is 3.07. The molecule has 0 aliphatic carbocycles. The third-order valence-corrected chi connectivity index (χ3v) is 4.31. The molecule has 0 atom stereocenters. The largest absolute Gasteiger partial charge is 0.358 e. The zero-order valence-electron chi connectivity index (χ0n) is 10.2. The fraction of sp³-hybridized carbons (Fsp3) is 0.154. The van der Waals surface area contributed by atoms with Gasteiger partial charge in [0.2, 0.25) is 0 Å². The number of thioether (sulfide) groups is 1. The summed E-state index contributed by atoms with van der Waals surface area (Å²) in [6.07, 6.45) is 1.70. The van der Waals surface area contributed by atoms with Crippen LogP contribution < -0.4 is 0 Å². The van der Waals surface area contributed by atoms with Crippen molar-refractivity contribution < 1.29 is 4.79 Å². The van der Waals surface area contributed by atoms with Gasteiger partial charge in [0.25, 0.3) is 5.91 Å². The van der Waals surface area contributed by atoms with Gasteiger partial charge >= 0.3 is 0 Å². The number of carbonyl (C=O) groups is 1. The third kappa shape index (κ3) is 2.17. The van der Waals surface area contributed by atoms with Crippen LogP contribution >= 0.6 is 24.0 Å². The van der Waals surface area contributed by atoms with Gasteiger partial charge in [-0.15, -0.1) is 0 Å². The minimum Gasteiger partial charge on any atom is -0.358 e. The Bertz CT molecular complexity index is 689. The SMILES string of the molecule is Cc1[nH]c2ccccc2c1/C=N/N1C(=O)CSC1=S. The summed E-state index contributed by atoms with van der Waals surface area (Å²) in [5, 5.41) is 6.60. The molecule has 0 saturated carbocycles. The number of aromatic nitrogens is 1. The Morgan fingerprint density at radius 2 is 2.26 bits per heavy atom. The molecule has 1 N–H and O–H groups in total. The highest BCUT2D eigenvalue weighted by atomic mass is 32.2. The summed E-state index contributed by atoms with van der Waals surface area (Å²) in [5.74, 6) is 0.312. The molecule has 1 aliphatic rings. The van der Waals surface area contributed by atoms with Gasteiger partial charge in [0, 0.05) is 22.2 Å². The topological polar surface area (TPSA) is 48.5 Å². The predicted molar refractivity (Wildman–Crippen MR) is 82.5 cm³/mol. The molecule has 1 saturated heterocycles. The molecule has 1 aliphatic heterocycles. The quantitative estimate of drug-likeness (QED) is 0.683. The first-order valence-corrected chi connectivity index (χ1v) is 7.17. The average Bonchev–Trinajstić information content (AvgIpc) is 2.88. The zero-order chi connectivity index (χ0) is 13.4. The lowest BCUT2D eigenvalue weighted by molar-refractivity contribution is -0.123. The van der Waals surface area contributed by atoms with Gasteiger partial charge in [0.05, 0.1) is 12.0 Å². The maximum Gasteiger partial charge on any atom is 0.259 e. The number of benzene rings is 1. The lowest BCUT2D eigenvalue weighted by Crippen LogP contribution is -2.22. The molecule has 3 rings (SSSR count). The summed E-state index contributed by atoms with van der Waals surface area (Å²) in [4.78, 5) is 14.9. The first kappa shape index (κ1) is 12.4. The zero-order valence-corrected chi connectivity index (χ0v) is 11.8. The van der Waals surface area contributed by atoms with E-state index in [-0.39, 0.29) is 5.91 Å². The molecule has 0 radical (unpaired) electrons. The first-order valence-electron chi connectivity index (χ1n) is 5.78. The highest BCUT2D eigenvalue weighted by molar-refractivity contribution is 8.23. The molecule has 1 amide bonds. The smallest absolute Gasteiger partial charge is 0.259 e. The normalized spacial score (nSPS) is 16.2. The maximum atomic E-state index is 11.6. The van der Waals surface area contributed by atoms with Gasteiger partial charge in [-0.1, -0.05) is 42.2 Å². The van der Waals surface area contributed by atoms with Crippen molar-refractivity contribution in [3.05, 3.63) is 35.5 Å². The fourth-order valence-corrected chi connectivity index (χ4v) is 3.01. The van der Waals surface area contributed by atoms with Gasteiger partial charge in [-0.3, -0.25) is 4.79 Å². The average molecular weight is 289 g/mol. The van der Waals surface area contributed by atoms with E-state index in [1.54, 1.807) is 6.21 Å². The highest BCUT2D eigenvalue weighted by Gasteiger charge is 2.26. The Morgan fingerprint density at radius 3 is 3.00 bits per heavy atom. The van der Waals surface area contributed by atoms with E-state index in [1.165, 1.54) is 16.8 Å². The number of aryl methyl sites for hydroxylation is 1. The van der Waals surface area contributed by atoms with Crippen molar-refractivity contribution >= 4 is 51.3 Å². The summed E-state index contributed by atoms with van der Waals surface area (Å²) < 4.78 is 0.513. The van der Waals surface area contributed by atoms with E-state index in [4.69, 9.17) is 12.2 Å². The minimum absolute atomic E-state index is 0.0660. The minimum atomic E-state index is -0.0660. The molecular formula is C13H11N3OS2. The van der Waals surface area contributed by atoms with Crippen molar-refractivity contribution in [1.82, 2.24) is 9.99 Å². The first-order chi connectivity index (χ1) is 9.16. The van der Waals surface area contributed by atoms with Crippen molar-refractivity contribution in [1.29, 1.82) is 0 Å². The Hall–Kier alpha value is -1.66. The fourth-order valence-electron chi connectivity index (χ4n) is 2.04. The standard InChI is InChI=1S/C13H11N3OS2/c1-8-10(9-4-2-3-5-11(9)15-8)6-14-16-12(17)7-19-13(16)18/h2-6,15H,7H2,1H3/b14-6+. The number of carbonyl (C=O) groups excluding carboxylic acids is 1. The van der Waals surface area contributed by atoms with Crippen LogP contribution in [0.3, 0.4) is 0 Å². The van der Waals surface area contributed by atoms with Crippen molar-refractivity contribution in [2.24, 2.45) is 5.10 Å². The van der Waals surface area contributed by atoms with Gasteiger partial charge in [-0.25, -0.2) is 0 Å². The second kappa shape index (κ2) is 4.79. The lowest BCUT2D eigenvalue weighted by Gasteiger charge is -2.06. The van der Waals surface area contributed by atoms with Crippen molar-refractivity contribution in [2.45, 2.75) is 6.92 Å². The molecule has 4 nitrogen and oxygen atoms in total. The van der Waals surface area contributed by atoms with Gasteiger partial charge in [0.15, 0.2) is 4.32 Å². The van der Waals surface area contributed by atoms with Crippen LogP contribution in [-0.2, 0) is 4.79 Å². The monoisotopic (exact) mass is 289 g/mol. The van der Waals surface area contributed by atoms with Crippen LogP contribution in [0, 0.1) is 6.92 Å². The van der Waals surface area contributed by atoms with Crippen LogP contribution in [0.4, 0.5) is 0 Å². The van der Waals surface area contributed by atoms with Crippen LogP contribution in [0.1, 0.15) is 11.3 Å². The van der Waals surface area contributed by atoms with E-state index < -0.39 is 0 Å². The molecule has 0 unspecified atom stereocenters. The van der Waals surface area contributed by atoms with Gasteiger partial charge < -0.3 is 4.98 Å². The third-order valence-electron chi connectivity index (χ3n) is 2.97.